The molecule has 0 unspecified atom stereocenters. The van der Waals surface area contributed by atoms with E-state index in [4.69, 9.17) is 11.6 Å². The monoisotopic (exact) mass is 470 g/mol. The van der Waals surface area contributed by atoms with Crippen LogP contribution in [0.5, 0.6) is 0 Å². The molecule has 2 heterocycles. The van der Waals surface area contributed by atoms with Crippen molar-refractivity contribution in [2.75, 3.05) is 18.4 Å². The Morgan fingerprint density at radius 2 is 2.03 bits per heavy atom. The second-order valence-electron chi connectivity index (χ2n) is 8.97. The third-order valence-corrected chi connectivity index (χ3v) is 6.48. The molecule has 0 radical (unpaired) electrons. The minimum absolute atomic E-state index is 0.118. The first-order chi connectivity index (χ1) is 15.8. The lowest BCUT2D eigenvalue weighted by atomic mass is 10.0. The first-order valence-corrected chi connectivity index (χ1v) is 11.4. The van der Waals surface area contributed by atoms with Crippen LogP contribution in [-0.4, -0.2) is 41.4 Å². The number of carbonyl (C=O) groups excluding carboxylic acids is 2. The fourth-order valence-corrected chi connectivity index (χ4v) is 3.99. The molecular formula is C23H24ClFN6O2. The maximum Gasteiger partial charge on any atom is 0.258 e. The van der Waals surface area contributed by atoms with E-state index in [1.54, 1.807) is 12.1 Å². The fraction of sp³-hybridized carbons (Fsp3) is 0.391. The van der Waals surface area contributed by atoms with Crippen molar-refractivity contribution in [3.8, 4) is 0 Å². The highest BCUT2D eigenvalue weighted by atomic mass is 35.5. The van der Waals surface area contributed by atoms with Gasteiger partial charge < -0.3 is 16.0 Å². The van der Waals surface area contributed by atoms with Crippen LogP contribution < -0.4 is 21.3 Å². The van der Waals surface area contributed by atoms with Gasteiger partial charge in [-0.15, -0.1) is 0 Å². The zero-order chi connectivity index (χ0) is 23.2. The number of guanidine groups is 1. The first-order valence-electron chi connectivity index (χ1n) is 11.0. The van der Waals surface area contributed by atoms with E-state index in [-0.39, 0.29) is 45.0 Å². The van der Waals surface area contributed by atoms with Crippen LogP contribution in [0.4, 0.5) is 15.9 Å². The number of nitrogens with one attached hydrogen (secondary N) is 4. The summed E-state index contributed by atoms with van der Waals surface area (Å²) in [5, 5.41) is 11.7. The maximum absolute atomic E-state index is 15.2. The van der Waals surface area contributed by atoms with Gasteiger partial charge >= 0.3 is 0 Å². The number of hydrogen-bond acceptors (Lipinski definition) is 6. The Morgan fingerprint density at radius 3 is 2.70 bits per heavy atom. The lowest BCUT2D eigenvalue weighted by molar-refractivity contribution is 0.0933. The number of nitrogens with zero attached hydrogens (tertiary/aromatic N) is 2. The van der Waals surface area contributed by atoms with Crippen molar-refractivity contribution in [3.63, 3.8) is 0 Å². The molecule has 2 aliphatic carbocycles. The van der Waals surface area contributed by atoms with E-state index in [0.29, 0.717) is 24.6 Å². The van der Waals surface area contributed by atoms with Gasteiger partial charge in [-0.1, -0.05) is 11.6 Å². The first kappa shape index (κ1) is 21.6. The minimum Gasteiger partial charge on any atom is -0.354 e. The number of carbonyl (C=O) groups is 2. The molecule has 0 atom stereocenters. The number of pyridine rings is 1. The average Bonchev–Trinajstić information content (AvgIpc) is 3.70. The summed E-state index contributed by atoms with van der Waals surface area (Å²) in [6.07, 6.45) is 5.10. The Labute approximate surface area is 195 Å². The van der Waals surface area contributed by atoms with Crippen molar-refractivity contribution < 1.29 is 14.0 Å². The lowest BCUT2D eigenvalue weighted by Gasteiger charge is -2.17. The summed E-state index contributed by atoms with van der Waals surface area (Å²) in [7, 11) is 0. The molecule has 3 aliphatic rings. The smallest absolute Gasteiger partial charge is 0.258 e. The second-order valence-corrected chi connectivity index (χ2v) is 9.35. The van der Waals surface area contributed by atoms with E-state index in [0.717, 1.165) is 25.7 Å². The summed E-state index contributed by atoms with van der Waals surface area (Å²) in [5.41, 5.74) is 1.18. The van der Waals surface area contributed by atoms with Crippen LogP contribution in [0, 0.1) is 5.82 Å². The predicted molar refractivity (Wildman–Crippen MR) is 124 cm³/mol. The molecule has 4 N–H and O–H groups in total. The summed E-state index contributed by atoms with van der Waals surface area (Å²) in [6, 6.07) is 4.41. The summed E-state index contributed by atoms with van der Waals surface area (Å²) in [4.78, 5) is 33.6. The normalized spacial score (nSPS) is 18.2. The van der Waals surface area contributed by atoms with Gasteiger partial charge in [0.05, 0.1) is 22.8 Å². The number of anilines is 2. The van der Waals surface area contributed by atoms with Gasteiger partial charge in [-0.2, -0.15) is 0 Å². The van der Waals surface area contributed by atoms with Crippen LogP contribution in [0.25, 0.3) is 0 Å². The number of rotatable bonds is 6. The van der Waals surface area contributed by atoms with E-state index in [1.165, 1.54) is 12.3 Å². The highest BCUT2D eigenvalue weighted by molar-refractivity contribution is 6.36. The summed E-state index contributed by atoms with van der Waals surface area (Å²) < 4.78 is 15.2. The fourth-order valence-electron chi connectivity index (χ4n) is 3.75. The number of aromatic nitrogens is 1. The molecule has 10 heteroatoms. The van der Waals surface area contributed by atoms with E-state index >= 15 is 4.39 Å². The topological polar surface area (TPSA) is 108 Å². The van der Waals surface area contributed by atoms with Crippen molar-refractivity contribution in [2.45, 2.75) is 44.1 Å². The van der Waals surface area contributed by atoms with Gasteiger partial charge in [-0.25, -0.2) is 9.37 Å². The lowest BCUT2D eigenvalue weighted by Crippen LogP contribution is -2.38. The number of amides is 2. The number of aliphatic imine (C=N–C) groups is 1. The van der Waals surface area contributed by atoms with Gasteiger partial charge in [-0.05, 0) is 62.3 Å². The molecule has 0 saturated heterocycles. The molecule has 2 saturated carbocycles. The van der Waals surface area contributed by atoms with Gasteiger partial charge in [0.15, 0.2) is 5.96 Å². The molecule has 33 heavy (non-hydrogen) atoms. The molecule has 2 aromatic rings. The van der Waals surface area contributed by atoms with E-state index in [2.05, 4.69) is 31.2 Å². The molecule has 0 bridgehead atoms. The Balaban J connectivity index is 1.42. The van der Waals surface area contributed by atoms with E-state index < -0.39 is 11.7 Å². The molecule has 172 valence electrons. The van der Waals surface area contributed by atoms with E-state index in [1.807, 2.05) is 6.92 Å². The van der Waals surface area contributed by atoms with Crippen molar-refractivity contribution in [1.29, 1.82) is 0 Å². The molecular weight excluding hydrogens is 447 g/mol. The van der Waals surface area contributed by atoms with Gasteiger partial charge in [-0.3, -0.25) is 19.9 Å². The van der Waals surface area contributed by atoms with Crippen molar-refractivity contribution in [1.82, 2.24) is 20.9 Å². The Morgan fingerprint density at radius 1 is 1.24 bits per heavy atom. The molecule has 1 aliphatic heterocycles. The largest absolute Gasteiger partial charge is 0.354 e. The van der Waals surface area contributed by atoms with Crippen molar-refractivity contribution >= 4 is 40.9 Å². The van der Waals surface area contributed by atoms with Gasteiger partial charge in [0.25, 0.3) is 11.8 Å². The van der Waals surface area contributed by atoms with Gasteiger partial charge in [0, 0.05) is 23.8 Å². The zero-order valence-electron chi connectivity index (χ0n) is 18.1. The highest BCUT2D eigenvalue weighted by Crippen LogP contribution is 2.45. The Hall–Kier alpha value is -3.20. The third kappa shape index (κ3) is 4.64. The third-order valence-electron chi connectivity index (χ3n) is 6.10. The summed E-state index contributed by atoms with van der Waals surface area (Å²) >= 11 is 6.49. The van der Waals surface area contributed by atoms with Crippen LogP contribution in [0.1, 0.15) is 64.8 Å². The van der Waals surface area contributed by atoms with Crippen molar-refractivity contribution in [3.05, 3.63) is 51.9 Å². The van der Waals surface area contributed by atoms with Crippen LogP contribution >= 0.6 is 11.6 Å². The molecule has 1 aromatic heterocycles. The average molecular weight is 471 g/mol. The van der Waals surface area contributed by atoms with Crippen molar-refractivity contribution in [2.24, 2.45) is 4.99 Å². The molecule has 5 rings (SSSR count). The van der Waals surface area contributed by atoms with Crippen LogP contribution in [0.2, 0.25) is 5.02 Å². The Bertz CT molecular complexity index is 1180. The summed E-state index contributed by atoms with van der Waals surface area (Å²) in [5.74, 6) is -0.599. The number of benzene rings is 1. The van der Waals surface area contributed by atoms with Crippen LogP contribution in [-0.2, 0) is 0 Å². The maximum atomic E-state index is 15.2. The second kappa shape index (κ2) is 8.30. The highest BCUT2D eigenvalue weighted by Gasteiger charge is 2.39. The molecule has 8 nitrogen and oxygen atoms in total. The molecule has 0 spiro atoms. The SMILES string of the molecule is CC1(NC(=O)c2ccnc(Nc3c(F)cc(C(=O)NC4=NCCN4)cc3C3CC3)c2Cl)CC1. The molecule has 2 amide bonds. The Kier molecular flexibility index (Phi) is 5.44. The number of hydrogen-bond donors (Lipinski definition) is 4. The standard InChI is InChI=1S/C23H24ClFN6O2/c1-23(5-6-23)31-21(33)14-4-7-26-19(17(14)24)29-18-15(12-2-3-12)10-13(11-16(18)25)20(32)30-22-27-8-9-28-22/h4,7,10-12H,2-3,5-6,8-9H2,1H3,(H,26,29)(H,31,33)(H2,27,28,30,32). The predicted octanol–water partition coefficient (Wildman–Crippen LogP) is 3.47. The van der Waals surface area contributed by atoms with Crippen LogP contribution in [0.15, 0.2) is 29.4 Å². The molecule has 1 aromatic carbocycles. The van der Waals surface area contributed by atoms with Crippen LogP contribution in [0.3, 0.4) is 0 Å². The minimum atomic E-state index is -0.593. The van der Waals surface area contributed by atoms with E-state index in [9.17, 15) is 9.59 Å². The number of halogens is 2. The quantitative estimate of drug-likeness (QED) is 0.517. The van der Waals surface area contributed by atoms with Gasteiger partial charge in [0.2, 0.25) is 0 Å². The summed E-state index contributed by atoms with van der Waals surface area (Å²) in [6.45, 7) is 3.22. The van der Waals surface area contributed by atoms with Gasteiger partial charge in [0.1, 0.15) is 11.6 Å². The molecule has 2 fully saturated rings. The zero-order valence-corrected chi connectivity index (χ0v) is 18.9.